The second-order valence-electron chi connectivity index (χ2n) is 7.42. The summed E-state index contributed by atoms with van der Waals surface area (Å²) >= 11 is 0. The van der Waals surface area contributed by atoms with E-state index in [1.54, 1.807) is 4.90 Å². The van der Waals surface area contributed by atoms with Crippen LogP contribution in [0.4, 0.5) is 4.79 Å². The number of piperidine rings is 1. The number of rotatable bonds is 3. The maximum absolute atomic E-state index is 11.7. The third-order valence-corrected chi connectivity index (χ3v) is 5.63. The molecule has 3 atom stereocenters. The van der Waals surface area contributed by atoms with Crippen molar-refractivity contribution >= 4 is 16.2 Å². The van der Waals surface area contributed by atoms with Crippen molar-refractivity contribution in [3.63, 3.8) is 0 Å². The van der Waals surface area contributed by atoms with Crippen molar-refractivity contribution < 1.29 is 22.5 Å². The molecule has 2 fully saturated rings. The highest BCUT2D eigenvalue weighted by Crippen LogP contribution is 2.54. The first-order valence-electron chi connectivity index (χ1n) is 7.33. The zero-order chi connectivity index (χ0) is 16.1. The molecule has 2 heterocycles. The third kappa shape index (κ3) is 3.04. The Morgan fingerprint density at radius 3 is 2.52 bits per heavy atom. The standard InChI is InChI=1S/C14H25NO5S/c1-13(2,3)14-6-5-11(15(14)12(16)17)7-10(8-14)9-20-21(4,18)19/h10-11H,5-9H2,1-4H3,(H,16,17). The monoisotopic (exact) mass is 319 g/mol. The fourth-order valence-electron chi connectivity index (χ4n) is 4.10. The number of carboxylic acid groups (broad SMARTS) is 1. The van der Waals surface area contributed by atoms with Gasteiger partial charge in [-0.05, 0) is 37.0 Å². The van der Waals surface area contributed by atoms with E-state index < -0.39 is 21.8 Å². The molecular weight excluding hydrogens is 294 g/mol. The maximum Gasteiger partial charge on any atom is 0.408 e. The van der Waals surface area contributed by atoms with E-state index in [2.05, 4.69) is 20.8 Å². The lowest BCUT2D eigenvalue weighted by Crippen LogP contribution is -2.61. The van der Waals surface area contributed by atoms with E-state index in [0.29, 0.717) is 12.8 Å². The molecule has 0 aromatic rings. The molecule has 3 unspecified atom stereocenters. The van der Waals surface area contributed by atoms with Crippen molar-refractivity contribution in [2.45, 2.75) is 58.0 Å². The Morgan fingerprint density at radius 2 is 2.05 bits per heavy atom. The van der Waals surface area contributed by atoms with E-state index in [9.17, 15) is 18.3 Å². The molecule has 0 aliphatic carbocycles. The number of fused-ring (bicyclic) bond motifs is 2. The summed E-state index contributed by atoms with van der Waals surface area (Å²) in [7, 11) is -3.45. The largest absolute Gasteiger partial charge is 0.465 e. The topological polar surface area (TPSA) is 83.9 Å². The Morgan fingerprint density at radius 1 is 1.43 bits per heavy atom. The van der Waals surface area contributed by atoms with Crippen LogP contribution in [-0.4, -0.2) is 49.0 Å². The van der Waals surface area contributed by atoms with Gasteiger partial charge in [0.25, 0.3) is 10.1 Å². The molecule has 122 valence electrons. The first kappa shape index (κ1) is 16.5. The van der Waals surface area contributed by atoms with Gasteiger partial charge < -0.3 is 5.11 Å². The maximum atomic E-state index is 11.7. The van der Waals surface area contributed by atoms with Gasteiger partial charge in [-0.25, -0.2) is 4.79 Å². The predicted molar refractivity (Wildman–Crippen MR) is 78.6 cm³/mol. The van der Waals surface area contributed by atoms with Gasteiger partial charge >= 0.3 is 6.09 Å². The smallest absolute Gasteiger partial charge is 0.408 e. The van der Waals surface area contributed by atoms with Gasteiger partial charge in [0.1, 0.15) is 0 Å². The minimum atomic E-state index is -3.45. The number of nitrogens with zero attached hydrogens (tertiary/aromatic N) is 1. The summed E-state index contributed by atoms with van der Waals surface area (Å²) in [4.78, 5) is 13.3. The fourth-order valence-corrected chi connectivity index (χ4v) is 4.54. The van der Waals surface area contributed by atoms with Crippen molar-refractivity contribution in [1.82, 2.24) is 4.90 Å². The van der Waals surface area contributed by atoms with Crippen LogP contribution in [0.25, 0.3) is 0 Å². The van der Waals surface area contributed by atoms with Gasteiger partial charge in [0, 0.05) is 6.04 Å². The van der Waals surface area contributed by atoms with Gasteiger partial charge in [0.2, 0.25) is 0 Å². The lowest BCUT2D eigenvalue weighted by molar-refractivity contribution is -0.0393. The molecule has 2 saturated heterocycles. The van der Waals surface area contributed by atoms with E-state index >= 15 is 0 Å². The average Bonchev–Trinajstić information content (AvgIpc) is 2.55. The molecule has 2 aliphatic rings. The minimum absolute atomic E-state index is 0.0244. The molecule has 0 aromatic heterocycles. The van der Waals surface area contributed by atoms with E-state index in [1.165, 1.54) is 0 Å². The number of hydrogen-bond donors (Lipinski definition) is 1. The highest BCUT2D eigenvalue weighted by molar-refractivity contribution is 7.85. The van der Waals surface area contributed by atoms with Crippen molar-refractivity contribution in [3.8, 4) is 0 Å². The zero-order valence-corrected chi connectivity index (χ0v) is 13.9. The first-order chi connectivity index (χ1) is 9.46. The highest BCUT2D eigenvalue weighted by atomic mass is 32.2. The summed E-state index contributed by atoms with van der Waals surface area (Å²) in [5.74, 6) is 0.0852. The quantitative estimate of drug-likeness (QED) is 0.807. The summed E-state index contributed by atoms with van der Waals surface area (Å²) in [6, 6.07) is -0.0244. The van der Waals surface area contributed by atoms with Crippen LogP contribution in [0.2, 0.25) is 0 Å². The first-order valence-corrected chi connectivity index (χ1v) is 9.14. The van der Waals surface area contributed by atoms with Crippen LogP contribution in [0, 0.1) is 11.3 Å². The Kier molecular flexibility index (Phi) is 4.04. The normalized spacial score (nSPS) is 33.2. The fraction of sp³-hybridized carbons (Fsp3) is 0.929. The van der Waals surface area contributed by atoms with Crippen molar-refractivity contribution in [2.75, 3.05) is 12.9 Å². The molecular formula is C14H25NO5S. The molecule has 21 heavy (non-hydrogen) atoms. The molecule has 0 radical (unpaired) electrons. The predicted octanol–water partition coefficient (Wildman–Crippen LogP) is 2.30. The summed E-state index contributed by atoms with van der Waals surface area (Å²) in [5.41, 5.74) is -0.614. The van der Waals surface area contributed by atoms with E-state index in [4.69, 9.17) is 4.18 Å². The van der Waals surface area contributed by atoms with E-state index in [1.807, 2.05) is 0 Å². The SMILES string of the molecule is CC(C)(C)C12CCC(CC(COS(C)(=O)=O)C1)N2C(=O)O. The molecule has 0 aromatic carbocycles. The number of hydrogen-bond acceptors (Lipinski definition) is 4. The minimum Gasteiger partial charge on any atom is -0.465 e. The van der Waals surface area contributed by atoms with Gasteiger partial charge in [-0.2, -0.15) is 8.42 Å². The lowest BCUT2D eigenvalue weighted by Gasteiger charge is -2.53. The molecule has 7 heteroatoms. The van der Waals surface area contributed by atoms with Gasteiger partial charge in [-0.15, -0.1) is 0 Å². The van der Waals surface area contributed by atoms with Crippen LogP contribution in [0.3, 0.4) is 0 Å². The van der Waals surface area contributed by atoms with Crippen LogP contribution in [0.15, 0.2) is 0 Å². The van der Waals surface area contributed by atoms with Crippen molar-refractivity contribution in [3.05, 3.63) is 0 Å². The highest BCUT2D eigenvalue weighted by Gasteiger charge is 2.59. The summed E-state index contributed by atoms with van der Waals surface area (Å²) in [5, 5.41) is 9.59. The lowest BCUT2D eigenvalue weighted by atomic mass is 9.66. The van der Waals surface area contributed by atoms with Gasteiger partial charge in [0.15, 0.2) is 0 Å². The van der Waals surface area contributed by atoms with Gasteiger partial charge in [-0.1, -0.05) is 20.8 Å². The molecule has 6 nitrogen and oxygen atoms in total. The Hall–Kier alpha value is -0.820. The molecule has 2 aliphatic heterocycles. The van der Waals surface area contributed by atoms with Crippen LogP contribution in [-0.2, 0) is 14.3 Å². The summed E-state index contributed by atoms with van der Waals surface area (Å²) < 4.78 is 27.3. The van der Waals surface area contributed by atoms with Crippen LogP contribution >= 0.6 is 0 Å². The second-order valence-corrected chi connectivity index (χ2v) is 9.07. The third-order valence-electron chi connectivity index (χ3n) is 5.07. The summed E-state index contributed by atoms with van der Waals surface area (Å²) in [6.07, 6.45) is 3.21. The number of carbonyl (C=O) groups is 1. The molecule has 2 rings (SSSR count). The van der Waals surface area contributed by atoms with Crippen LogP contribution in [0.1, 0.15) is 46.5 Å². The molecule has 1 amide bonds. The average molecular weight is 319 g/mol. The Labute approximate surface area is 126 Å². The van der Waals surface area contributed by atoms with Crippen LogP contribution < -0.4 is 0 Å². The van der Waals surface area contributed by atoms with E-state index in [-0.39, 0.29) is 24.0 Å². The summed E-state index contributed by atoms with van der Waals surface area (Å²) in [6.45, 7) is 6.34. The second kappa shape index (κ2) is 5.12. The number of amides is 1. The van der Waals surface area contributed by atoms with Crippen molar-refractivity contribution in [2.24, 2.45) is 11.3 Å². The van der Waals surface area contributed by atoms with Gasteiger partial charge in [0.05, 0.1) is 18.4 Å². The molecule has 0 spiro atoms. The van der Waals surface area contributed by atoms with Crippen LogP contribution in [0.5, 0.6) is 0 Å². The van der Waals surface area contributed by atoms with Crippen molar-refractivity contribution in [1.29, 1.82) is 0 Å². The van der Waals surface area contributed by atoms with Gasteiger partial charge in [-0.3, -0.25) is 9.08 Å². The Bertz CT molecular complexity index is 524. The zero-order valence-electron chi connectivity index (χ0n) is 13.1. The molecule has 1 N–H and O–H groups in total. The molecule has 2 bridgehead atoms. The Balaban J connectivity index is 2.24. The molecule has 0 saturated carbocycles. The van der Waals surface area contributed by atoms with E-state index in [0.717, 1.165) is 19.1 Å².